The Hall–Kier alpha value is -2.83. The molecule has 0 saturated carbocycles. The summed E-state index contributed by atoms with van der Waals surface area (Å²) in [5, 5.41) is 0. The van der Waals surface area contributed by atoms with E-state index in [-0.39, 0.29) is 18.2 Å². The molecule has 2 aromatic carbocycles. The first-order valence-corrected chi connectivity index (χ1v) is 13.4. The highest BCUT2D eigenvalue weighted by atomic mass is 32.2. The summed E-state index contributed by atoms with van der Waals surface area (Å²) in [5.41, 5.74) is 4.46. The Morgan fingerprint density at radius 2 is 1.74 bits per heavy atom. The van der Waals surface area contributed by atoms with Crippen LogP contribution in [0.15, 0.2) is 79.0 Å². The van der Waals surface area contributed by atoms with E-state index in [1.807, 2.05) is 72.4 Å². The van der Waals surface area contributed by atoms with Crippen molar-refractivity contribution in [2.75, 3.05) is 25.4 Å². The predicted octanol–water partition coefficient (Wildman–Crippen LogP) is 6.76. The third-order valence-corrected chi connectivity index (χ3v) is 7.68. The molecule has 1 aromatic heterocycles. The van der Waals surface area contributed by atoms with E-state index in [0.29, 0.717) is 0 Å². The van der Waals surface area contributed by atoms with E-state index in [4.69, 9.17) is 4.74 Å². The highest BCUT2D eigenvalue weighted by molar-refractivity contribution is 7.97. The summed E-state index contributed by atoms with van der Waals surface area (Å²) in [6.07, 6.45) is 4.80. The number of hydrogen-bond donors (Lipinski definition) is 0. The van der Waals surface area contributed by atoms with Crippen molar-refractivity contribution in [1.82, 2.24) is 14.2 Å². The summed E-state index contributed by atoms with van der Waals surface area (Å²) in [7, 11) is 0. The van der Waals surface area contributed by atoms with Gasteiger partial charge in [-0.3, -0.25) is 9.29 Å². The number of benzene rings is 2. The highest BCUT2D eigenvalue weighted by Gasteiger charge is 2.31. The molecule has 184 valence electrons. The van der Waals surface area contributed by atoms with Crippen LogP contribution in [0.1, 0.15) is 43.5 Å². The van der Waals surface area contributed by atoms with Crippen molar-refractivity contribution in [3.63, 3.8) is 0 Å². The summed E-state index contributed by atoms with van der Waals surface area (Å²) >= 11 is 1.91. The lowest BCUT2D eigenvalue weighted by Crippen LogP contribution is -2.43. The van der Waals surface area contributed by atoms with Crippen molar-refractivity contribution < 1.29 is 9.53 Å². The number of aryl methyl sites for hydroxylation is 1. The lowest BCUT2D eigenvalue weighted by atomic mass is 10.0. The number of carbonyl (C=O) groups excluding carboxylic acids is 1. The predicted molar refractivity (Wildman–Crippen MR) is 144 cm³/mol. The van der Waals surface area contributed by atoms with Crippen LogP contribution < -0.4 is 0 Å². The van der Waals surface area contributed by atoms with Gasteiger partial charge in [0.05, 0.1) is 6.04 Å². The molecule has 0 bridgehead atoms. The molecule has 2 fully saturated rings. The number of aromatic nitrogens is 1. The zero-order valence-electron chi connectivity index (χ0n) is 20.7. The van der Waals surface area contributed by atoms with Gasteiger partial charge in [-0.1, -0.05) is 72.6 Å². The summed E-state index contributed by atoms with van der Waals surface area (Å²) in [4.78, 5) is 18.7. The average molecular weight is 490 g/mol. The van der Waals surface area contributed by atoms with Gasteiger partial charge in [-0.25, -0.2) is 4.79 Å². The van der Waals surface area contributed by atoms with Crippen LogP contribution in [0.25, 0.3) is 11.1 Å². The fraction of sp³-hybridized carbons (Fsp3) is 0.379. The fourth-order valence-electron chi connectivity index (χ4n) is 4.41. The standard InChI is InChI=1S/C23H29N3O2S.C6H6/c1-17-16-21(8-11-24-17)20-6-4-19(5-7-20)18(2)26-14-10-22(28-23(26)27)9-13-25-12-3-15-29-25;1-2-4-6-5-3-1/h4-8,11,16,18,22H,3,9-10,12-15H2,1-2H3;1-6H. The zero-order valence-corrected chi connectivity index (χ0v) is 21.5. The van der Waals surface area contributed by atoms with Crippen molar-refractivity contribution >= 4 is 18.0 Å². The van der Waals surface area contributed by atoms with Crippen LogP contribution in [0.3, 0.4) is 0 Å². The lowest BCUT2D eigenvalue weighted by molar-refractivity contribution is 0.00877. The minimum absolute atomic E-state index is 0.00538. The van der Waals surface area contributed by atoms with Crippen molar-refractivity contribution in [2.24, 2.45) is 0 Å². The number of amides is 1. The molecule has 5 nitrogen and oxygen atoms in total. The molecule has 0 aliphatic carbocycles. The molecule has 2 saturated heterocycles. The molecular weight excluding hydrogens is 454 g/mol. The van der Waals surface area contributed by atoms with Crippen molar-refractivity contribution in [3.05, 3.63) is 90.3 Å². The first-order chi connectivity index (χ1) is 17.1. The van der Waals surface area contributed by atoms with E-state index in [1.165, 1.54) is 12.2 Å². The van der Waals surface area contributed by atoms with Crippen LogP contribution in [-0.2, 0) is 4.74 Å². The topological polar surface area (TPSA) is 45.7 Å². The first kappa shape index (κ1) is 25.3. The largest absolute Gasteiger partial charge is 0.446 e. The number of nitrogens with zero attached hydrogens (tertiary/aromatic N) is 3. The molecule has 3 heterocycles. The van der Waals surface area contributed by atoms with Gasteiger partial charge in [0.25, 0.3) is 0 Å². The Bertz CT molecular complexity index is 1030. The van der Waals surface area contributed by atoms with E-state index in [9.17, 15) is 4.79 Å². The molecular formula is C29H35N3O2S. The first-order valence-electron chi connectivity index (χ1n) is 12.5. The second-order valence-corrected chi connectivity index (χ2v) is 10.2. The van der Waals surface area contributed by atoms with Crippen LogP contribution in [0.4, 0.5) is 4.79 Å². The minimum Gasteiger partial charge on any atom is -0.446 e. The average Bonchev–Trinajstić information content (AvgIpc) is 3.43. The molecule has 2 atom stereocenters. The third kappa shape index (κ3) is 7.33. The Morgan fingerprint density at radius 3 is 2.34 bits per heavy atom. The molecule has 0 N–H and O–H groups in total. The molecule has 1 amide bonds. The maximum absolute atomic E-state index is 12.6. The quantitative estimate of drug-likeness (QED) is 0.358. The lowest BCUT2D eigenvalue weighted by Gasteiger charge is -2.36. The van der Waals surface area contributed by atoms with Gasteiger partial charge in [0.1, 0.15) is 6.10 Å². The van der Waals surface area contributed by atoms with Crippen molar-refractivity contribution in [1.29, 1.82) is 0 Å². The van der Waals surface area contributed by atoms with Crippen LogP contribution in [-0.4, -0.2) is 51.8 Å². The van der Waals surface area contributed by atoms with Gasteiger partial charge in [0, 0.05) is 43.7 Å². The molecule has 0 radical (unpaired) electrons. The van der Waals surface area contributed by atoms with Crippen LogP contribution in [0.5, 0.6) is 0 Å². The van der Waals surface area contributed by atoms with Gasteiger partial charge in [-0.2, -0.15) is 0 Å². The van der Waals surface area contributed by atoms with E-state index in [0.717, 1.165) is 54.9 Å². The smallest absolute Gasteiger partial charge is 0.410 e. The van der Waals surface area contributed by atoms with E-state index >= 15 is 0 Å². The van der Waals surface area contributed by atoms with Gasteiger partial charge >= 0.3 is 6.09 Å². The second-order valence-electron chi connectivity index (χ2n) is 9.03. The second kappa shape index (κ2) is 12.8. The maximum atomic E-state index is 12.6. The summed E-state index contributed by atoms with van der Waals surface area (Å²) in [6.45, 7) is 6.99. The van der Waals surface area contributed by atoms with Gasteiger partial charge in [-0.05, 0) is 55.5 Å². The Morgan fingerprint density at radius 1 is 1.03 bits per heavy atom. The Kier molecular flexibility index (Phi) is 9.21. The van der Waals surface area contributed by atoms with Gasteiger partial charge < -0.3 is 9.64 Å². The maximum Gasteiger partial charge on any atom is 0.410 e. The van der Waals surface area contributed by atoms with Crippen molar-refractivity contribution in [3.8, 4) is 11.1 Å². The number of ether oxygens (including phenoxy) is 1. The summed E-state index contributed by atoms with van der Waals surface area (Å²) < 4.78 is 8.15. The molecule has 5 rings (SSSR count). The Balaban J connectivity index is 0.000000421. The number of rotatable bonds is 6. The SMILES string of the molecule is Cc1cc(-c2ccc(C(C)N3CCC(CCN4CCCS4)OC3=O)cc2)ccn1.c1ccccc1. The molecule has 35 heavy (non-hydrogen) atoms. The number of pyridine rings is 1. The molecule has 6 heteroatoms. The zero-order chi connectivity index (χ0) is 24.5. The number of hydrogen-bond acceptors (Lipinski definition) is 5. The fourth-order valence-corrected chi connectivity index (χ4v) is 5.42. The van der Waals surface area contributed by atoms with Crippen LogP contribution >= 0.6 is 11.9 Å². The third-order valence-electron chi connectivity index (χ3n) is 6.48. The number of carbonyl (C=O) groups is 1. The van der Waals surface area contributed by atoms with E-state index in [2.05, 4.69) is 46.5 Å². The Labute approximate surface area is 213 Å². The normalized spacial score (nSPS) is 19.0. The number of cyclic esters (lactones) is 1. The minimum atomic E-state index is -0.184. The monoisotopic (exact) mass is 489 g/mol. The summed E-state index contributed by atoms with van der Waals surface area (Å²) in [5.74, 6) is 1.22. The molecule has 2 aliphatic rings. The van der Waals surface area contributed by atoms with Gasteiger partial charge in [-0.15, -0.1) is 0 Å². The molecule has 3 aromatic rings. The molecule has 0 spiro atoms. The molecule has 2 aliphatic heterocycles. The van der Waals surface area contributed by atoms with Crippen LogP contribution in [0, 0.1) is 6.92 Å². The van der Waals surface area contributed by atoms with E-state index in [1.54, 1.807) is 0 Å². The van der Waals surface area contributed by atoms with E-state index < -0.39 is 0 Å². The summed E-state index contributed by atoms with van der Waals surface area (Å²) in [6, 6.07) is 24.6. The van der Waals surface area contributed by atoms with Gasteiger partial charge in [0.15, 0.2) is 0 Å². The van der Waals surface area contributed by atoms with Crippen LogP contribution in [0.2, 0.25) is 0 Å². The highest BCUT2D eigenvalue weighted by Crippen LogP contribution is 2.29. The van der Waals surface area contributed by atoms with Crippen molar-refractivity contribution in [2.45, 2.75) is 45.3 Å². The molecule has 2 unspecified atom stereocenters. The van der Waals surface area contributed by atoms with Gasteiger partial charge in [0.2, 0.25) is 0 Å².